The van der Waals surface area contributed by atoms with Crippen LogP contribution in [0.5, 0.6) is 0 Å². The lowest BCUT2D eigenvalue weighted by molar-refractivity contribution is -0.123. The van der Waals surface area contributed by atoms with Gasteiger partial charge in [-0.15, -0.1) is 11.3 Å². The number of anilines is 1. The molecule has 0 saturated carbocycles. The third-order valence-electron chi connectivity index (χ3n) is 3.03. The third kappa shape index (κ3) is 4.72. The van der Waals surface area contributed by atoms with Crippen LogP contribution in [0.25, 0.3) is 0 Å². The number of aryl methyl sites for hydroxylation is 2. The first-order chi connectivity index (χ1) is 10.0. The van der Waals surface area contributed by atoms with Gasteiger partial charge in [0.25, 0.3) is 0 Å². The predicted molar refractivity (Wildman–Crippen MR) is 85.6 cm³/mol. The standard InChI is InChI=1S/C16H18N2O2S/c1-11-5-6-12(2)14(8-11)18-16(20)10-17-15(19)9-13-4-3-7-21-13/h3-8H,9-10H2,1-2H3,(H,17,19)(H,18,20). The zero-order valence-corrected chi connectivity index (χ0v) is 12.9. The van der Waals surface area contributed by atoms with Gasteiger partial charge in [0.05, 0.1) is 13.0 Å². The van der Waals surface area contributed by atoms with Crippen LogP contribution in [0, 0.1) is 13.8 Å². The number of benzene rings is 1. The second kappa shape index (κ2) is 7.04. The molecular weight excluding hydrogens is 284 g/mol. The van der Waals surface area contributed by atoms with Crippen molar-refractivity contribution in [1.82, 2.24) is 5.32 Å². The highest BCUT2D eigenvalue weighted by molar-refractivity contribution is 7.10. The minimum Gasteiger partial charge on any atom is -0.347 e. The van der Waals surface area contributed by atoms with Crippen LogP contribution in [-0.4, -0.2) is 18.4 Å². The van der Waals surface area contributed by atoms with E-state index in [0.29, 0.717) is 6.42 Å². The van der Waals surface area contributed by atoms with Gasteiger partial charge in [0.1, 0.15) is 0 Å². The van der Waals surface area contributed by atoms with E-state index in [9.17, 15) is 9.59 Å². The lowest BCUT2D eigenvalue weighted by Crippen LogP contribution is -2.33. The van der Waals surface area contributed by atoms with Crippen LogP contribution < -0.4 is 10.6 Å². The highest BCUT2D eigenvalue weighted by Crippen LogP contribution is 2.16. The zero-order valence-electron chi connectivity index (χ0n) is 12.1. The molecule has 0 fully saturated rings. The second-order valence-electron chi connectivity index (χ2n) is 4.90. The first-order valence-electron chi connectivity index (χ1n) is 6.71. The minimum absolute atomic E-state index is 0.0163. The van der Waals surface area contributed by atoms with Crippen LogP contribution >= 0.6 is 11.3 Å². The number of thiophene rings is 1. The Balaban J connectivity index is 1.82. The van der Waals surface area contributed by atoms with Gasteiger partial charge in [0.15, 0.2) is 0 Å². The van der Waals surface area contributed by atoms with Crippen molar-refractivity contribution in [2.45, 2.75) is 20.3 Å². The molecule has 0 atom stereocenters. The van der Waals surface area contributed by atoms with E-state index >= 15 is 0 Å². The summed E-state index contributed by atoms with van der Waals surface area (Å²) in [6.45, 7) is 3.89. The van der Waals surface area contributed by atoms with Crippen molar-refractivity contribution in [3.63, 3.8) is 0 Å². The molecule has 0 bridgehead atoms. The summed E-state index contributed by atoms with van der Waals surface area (Å²) < 4.78 is 0. The van der Waals surface area contributed by atoms with E-state index < -0.39 is 0 Å². The number of carbonyl (C=O) groups is 2. The van der Waals surface area contributed by atoms with E-state index in [1.165, 1.54) is 11.3 Å². The van der Waals surface area contributed by atoms with E-state index in [1.54, 1.807) is 0 Å². The Morgan fingerprint density at radius 1 is 1.14 bits per heavy atom. The Bertz CT molecular complexity index is 636. The molecule has 1 aromatic carbocycles. The maximum atomic E-state index is 11.9. The Morgan fingerprint density at radius 3 is 2.67 bits per heavy atom. The number of carbonyl (C=O) groups excluding carboxylic acids is 2. The highest BCUT2D eigenvalue weighted by atomic mass is 32.1. The summed E-state index contributed by atoms with van der Waals surface area (Å²) in [6, 6.07) is 9.68. The van der Waals surface area contributed by atoms with Gasteiger partial charge in [-0.25, -0.2) is 0 Å². The fourth-order valence-corrected chi connectivity index (χ4v) is 2.58. The number of hydrogen-bond acceptors (Lipinski definition) is 3. The van der Waals surface area contributed by atoms with E-state index in [0.717, 1.165) is 21.7 Å². The molecule has 1 aromatic heterocycles. The molecule has 0 spiro atoms. The van der Waals surface area contributed by atoms with Gasteiger partial charge in [-0.2, -0.15) is 0 Å². The van der Waals surface area contributed by atoms with E-state index in [4.69, 9.17) is 0 Å². The van der Waals surface area contributed by atoms with Crippen LogP contribution in [-0.2, 0) is 16.0 Å². The van der Waals surface area contributed by atoms with Crippen LogP contribution in [0.3, 0.4) is 0 Å². The number of amides is 2. The largest absolute Gasteiger partial charge is 0.347 e. The number of hydrogen-bond donors (Lipinski definition) is 2. The Labute approximate surface area is 128 Å². The molecule has 2 rings (SSSR count). The van der Waals surface area contributed by atoms with Gasteiger partial charge in [-0.1, -0.05) is 18.2 Å². The van der Waals surface area contributed by atoms with Gasteiger partial charge < -0.3 is 10.6 Å². The zero-order chi connectivity index (χ0) is 15.2. The molecule has 2 N–H and O–H groups in total. The maximum Gasteiger partial charge on any atom is 0.243 e. The van der Waals surface area contributed by atoms with Crippen molar-refractivity contribution in [2.75, 3.05) is 11.9 Å². The van der Waals surface area contributed by atoms with Crippen LogP contribution in [0.15, 0.2) is 35.7 Å². The first kappa shape index (κ1) is 15.3. The Kier molecular flexibility index (Phi) is 5.11. The summed E-state index contributed by atoms with van der Waals surface area (Å²) in [5, 5.41) is 7.37. The average molecular weight is 302 g/mol. The summed E-state index contributed by atoms with van der Waals surface area (Å²) in [5.41, 5.74) is 2.86. The maximum absolute atomic E-state index is 11.9. The number of nitrogens with one attached hydrogen (secondary N) is 2. The lowest BCUT2D eigenvalue weighted by Gasteiger charge is -2.10. The molecule has 2 amide bonds. The van der Waals surface area contributed by atoms with E-state index in [1.807, 2.05) is 49.6 Å². The number of rotatable bonds is 5. The quantitative estimate of drug-likeness (QED) is 0.892. The third-order valence-corrected chi connectivity index (χ3v) is 3.90. The molecule has 2 aromatic rings. The minimum atomic E-state index is -0.219. The van der Waals surface area contributed by atoms with Gasteiger partial charge >= 0.3 is 0 Å². The van der Waals surface area contributed by atoms with Crippen molar-refractivity contribution in [3.8, 4) is 0 Å². The molecule has 110 valence electrons. The van der Waals surface area contributed by atoms with Crippen molar-refractivity contribution in [3.05, 3.63) is 51.7 Å². The fraction of sp³-hybridized carbons (Fsp3) is 0.250. The van der Waals surface area contributed by atoms with E-state index in [2.05, 4.69) is 10.6 Å². The van der Waals surface area contributed by atoms with E-state index in [-0.39, 0.29) is 18.4 Å². The van der Waals surface area contributed by atoms with Crippen LogP contribution in [0.1, 0.15) is 16.0 Å². The van der Waals surface area contributed by atoms with Crippen molar-refractivity contribution >= 4 is 28.8 Å². The van der Waals surface area contributed by atoms with Crippen molar-refractivity contribution < 1.29 is 9.59 Å². The van der Waals surface area contributed by atoms with Crippen LogP contribution in [0.4, 0.5) is 5.69 Å². The molecule has 0 unspecified atom stereocenters. The molecule has 0 aliphatic carbocycles. The monoisotopic (exact) mass is 302 g/mol. The molecule has 0 aliphatic heterocycles. The molecule has 5 heteroatoms. The first-order valence-corrected chi connectivity index (χ1v) is 7.59. The van der Waals surface area contributed by atoms with Crippen molar-refractivity contribution in [2.24, 2.45) is 0 Å². The van der Waals surface area contributed by atoms with Gasteiger partial charge in [-0.05, 0) is 42.5 Å². The second-order valence-corrected chi connectivity index (χ2v) is 5.93. The summed E-state index contributed by atoms with van der Waals surface area (Å²) in [5.74, 6) is -0.364. The molecule has 1 heterocycles. The fourth-order valence-electron chi connectivity index (χ4n) is 1.88. The lowest BCUT2D eigenvalue weighted by atomic mass is 10.1. The summed E-state index contributed by atoms with van der Waals surface area (Å²) in [4.78, 5) is 24.6. The summed E-state index contributed by atoms with van der Waals surface area (Å²) in [6.07, 6.45) is 0.314. The predicted octanol–water partition coefficient (Wildman–Crippen LogP) is 2.66. The average Bonchev–Trinajstić information content (AvgIpc) is 2.93. The van der Waals surface area contributed by atoms with Crippen molar-refractivity contribution in [1.29, 1.82) is 0 Å². The molecule has 21 heavy (non-hydrogen) atoms. The molecule has 0 radical (unpaired) electrons. The molecule has 0 aliphatic rings. The van der Waals surface area contributed by atoms with Gasteiger partial charge in [0.2, 0.25) is 11.8 Å². The van der Waals surface area contributed by atoms with Gasteiger partial charge in [0, 0.05) is 10.6 Å². The SMILES string of the molecule is Cc1ccc(C)c(NC(=O)CNC(=O)Cc2cccs2)c1. The Hall–Kier alpha value is -2.14. The van der Waals surface area contributed by atoms with Gasteiger partial charge in [-0.3, -0.25) is 9.59 Å². The summed E-state index contributed by atoms with van der Waals surface area (Å²) >= 11 is 1.53. The Morgan fingerprint density at radius 2 is 1.95 bits per heavy atom. The van der Waals surface area contributed by atoms with Crippen LogP contribution in [0.2, 0.25) is 0 Å². The topological polar surface area (TPSA) is 58.2 Å². The molecule has 4 nitrogen and oxygen atoms in total. The normalized spacial score (nSPS) is 10.2. The summed E-state index contributed by atoms with van der Waals surface area (Å²) in [7, 11) is 0. The smallest absolute Gasteiger partial charge is 0.243 e. The molecule has 0 saturated heterocycles. The highest BCUT2D eigenvalue weighted by Gasteiger charge is 2.08. The molecular formula is C16H18N2O2S.